The zero-order chi connectivity index (χ0) is 22.9. The van der Waals surface area contributed by atoms with E-state index in [4.69, 9.17) is 5.11 Å². The molecule has 0 saturated carbocycles. The van der Waals surface area contributed by atoms with Crippen molar-refractivity contribution in [2.75, 3.05) is 13.2 Å². The predicted octanol–water partition coefficient (Wildman–Crippen LogP) is 3.49. The summed E-state index contributed by atoms with van der Waals surface area (Å²) in [6.07, 6.45) is 1.65. The summed E-state index contributed by atoms with van der Waals surface area (Å²) in [5.41, 5.74) is -0.362. The first-order chi connectivity index (χ1) is 13.1. The van der Waals surface area contributed by atoms with Gasteiger partial charge in [0.25, 0.3) is 0 Å². The maximum absolute atomic E-state index is 13.3. The van der Waals surface area contributed by atoms with Crippen LogP contribution in [0.3, 0.4) is 0 Å². The summed E-state index contributed by atoms with van der Waals surface area (Å²) in [7, 11) is -10.0. The highest BCUT2D eigenvalue weighted by atomic mass is 31.3. The van der Waals surface area contributed by atoms with Crippen LogP contribution in [0.4, 0.5) is 4.39 Å². The van der Waals surface area contributed by atoms with E-state index in [-0.39, 0.29) is 6.61 Å². The number of carboxylic acid groups (broad SMARTS) is 1. The van der Waals surface area contributed by atoms with Gasteiger partial charge in [0.1, 0.15) is 5.60 Å². The minimum Gasteiger partial charge on any atom is -0.479 e. The molecule has 0 aromatic carbocycles. The van der Waals surface area contributed by atoms with Crippen molar-refractivity contribution in [1.29, 1.82) is 0 Å². The Morgan fingerprint density at radius 3 is 2.21 bits per heavy atom. The standard InChI is InChI=1S/C16H29FO10P2/c1-12(2)6-5-7-13(3)8-10-25-28(21,22)27-29(23,24)26-11-9-16(4,20)14(17)15(18)19/h6,8,14,20H,5,7,9-11H2,1-4H3,(H,18,19)(H,21,22)(H,23,24). The molecule has 0 aliphatic heterocycles. The molecule has 4 atom stereocenters. The summed E-state index contributed by atoms with van der Waals surface area (Å²) < 4.78 is 49.8. The topological polar surface area (TPSA) is 160 Å². The van der Waals surface area contributed by atoms with Gasteiger partial charge in [0.2, 0.25) is 6.17 Å². The molecule has 0 heterocycles. The molecule has 0 saturated heterocycles. The van der Waals surface area contributed by atoms with E-state index in [1.165, 1.54) is 6.08 Å². The first kappa shape index (κ1) is 28.1. The van der Waals surface area contributed by atoms with E-state index in [1.54, 1.807) is 6.92 Å². The van der Waals surface area contributed by atoms with Gasteiger partial charge < -0.3 is 20.0 Å². The number of halogens is 1. The molecule has 0 aliphatic rings. The van der Waals surface area contributed by atoms with Crippen molar-refractivity contribution in [3.05, 3.63) is 23.3 Å². The lowest BCUT2D eigenvalue weighted by Gasteiger charge is -2.24. The van der Waals surface area contributed by atoms with Crippen LogP contribution in [-0.4, -0.2) is 51.0 Å². The van der Waals surface area contributed by atoms with Crippen molar-refractivity contribution < 1.29 is 51.7 Å². The molecule has 0 rings (SSSR count). The molecule has 0 amide bonds. The van der Waals surface area contributed by atoms with Gasteiger partial charge in [-0.15, -0.1) is 0 Å². The fraction of sp³-hybridized carbons (Fsp3) is 0.688. The number of aliphatic carboxylic acids is 1. The van der Waals surface area contributed by atoms with Crippen LogP contribution in [-0.2, 0) is 27.3 Å². The maximum Gasteiger partial charge on any atom is 0.481 e. The van der Waals surface area contributed by atoms with Crippen LogP contribution in [0, 0.1) is 0 Å². The van der Waals surface area contributed by atoms with Gasteiger partial charge in [-0.1, -0.05) is 23.3 Å². The Morgan fingerprint density at radius 1 is 1.14 bits per heavy atom. The zero-order valence-electron chi connectivity index (χ0n) is 16.8. The molecule has 0 aliphatic carbocycles. The summed E-state index contributed by atoms with van der Waals surface area (Å²) in [4.78, 5) is 29.5. The first-order valence-electron chi connectivity index (χ1n) is 8.62. The van der Waals surface area contributed by atoms with Crippen molar-refractivity contribution in [3.63, 3.8) is 0 Å². The Labute approximate surface area is 169 Å². The average molecular weight is 462 g/mol. The normalized spacial score (nSPS) is 19.5. The van der Waals surface area contributed by atoms with Crippen molar-refractivity contribution in [2.45, 2.75) is 58.7 Å². The lowest BCUT2D eigenvalue weighted by molar-refractivity contribution is -0.153. The van der Waals surface area contributed by atoms with Crippen molar-refractivity contribution in [1.82, 2.24) is 0 Å². The van der Waals surface area contributed by atoms with Crippen LogP contribution < -0.4 is 0 Å². The van der Waals surface area contributed by atoms with Gasteiger partial charge in [-0.25, -0.2) is 18.3 Å². The summed E-state index contributed by atoms with van der Waals surface area (Å²) >= 11 is 0. The highest BCUT2D eigenvalue weighted by Gasteiger charge is 2.40. The molecule has 0 spiro atoms. The molecule has 0 aromatic rings. The number of phosphoric acid groups is 2. The van der Waals surface area contributed by atoms with Crippen LogP contribution in [0.2, 0.25) is 0 Å². The number of hydrogen-bond donors (Lipinski definition) is 4. The molecule has 0 bridgehead atoms. The van der Waals surface area contributed by atoms with Crippen molar-refractivity contribution in [3.8, 4) is 0 Å². The molecule has 10 nitrogen and oxygen atoms in total. The first-order valence-corrected chi connectivity index (χ1v) is 11.6. The van der Waals surface area contributed by atoms with Crippen LogP contribution in [0.1, 0.15) is 47.0 Å². The molecule has 0 radical (unpaired) electrons. The largest absolute Gasteiger partial charge is 0.481 e. The molecule has 29 heavy (non-hydrogen) atoms. The maximum atomic E-state index is 13.3. The van der Waals surface area contributed by atoms with E-state index < -0.39 is 46.4 Å². The van der Waals surface area contributed by atoms with E-state index in [2.05, 4.69) is 13.4 Å². The van der Waals surface area contributed by atoms with Crippen molar-refractivity contribution >= 4 is 21.6 Å². The molecular weight excluding hydrogens is 433 g/mol. The van der Waals surface area contributed by atoms with E-state index >= 15 is 0 Å². The second kappa shape index (κ2) is 12.1. The Balaban J connectivity index is 4.54. The second-order valence-corrected chi connectivity index (χ2v) is 9.87. The van der Waals surface area contributed by atoms with Crippen LogP contribution in [0.15, 0.2) is 23.3 Å². The third kappa shape index (κ3) is 13.1. The quantitative estimate of drug-likeness (QED) is 0.222. The third-order valence-corrected chi connectivity index (χ3v) is 6.23. The van der Waals surface area contributed by atoms with Gasteiger partial charge >= 0.3 is 21.6 Å². The zero-order valence-corrected chi connectivity index (χ0v) is 18.6. The Hall–Kier alpha value is -0.900. The van der Waals surface area contributed by atoms with E-state index in [0.717, 1.165) is 24.5 Å². The number of carbonyl (C=O) groups is 1. The van der Waals surface area contributed by atoms with Gasteiger partial charge in [0.05, 0.1) is 13.2 Å². The van der Waals surface area contributed by atoms with E-state index in [0.29, 0.717) is 6.42 Å². The Kier molecular flexibility index (Phi) is 11.7. The summed E-state index contributed by atoms with van der Waals surface area (Å²) in [6, 6.07) is 0. The van der Waals surface area contributed by atoms with Crippen molar-refractivity contribution in [2.24, 2.45) is 0 Å². The molecular formula is C16H29FO10P2. The lowest BCUT2D eigenvalue weighted by atomic mass is 9.97. The van der Waals surface area contributed by atoms with E-state index in [9.17, 15) is 33.2 Å². The number of rotatable bonds is 14. The summed E-state index contributed by atoms with van der Waals surface area (Å²) in [5.74, 6) is -1.92. The number of phosphoric ester groups is 2. The number of allylic oxidation sites excluding steroid dienone is 3. The smallest absolute Gasteiger partial charge is 0.479 e. The Morgan fingerprint density at radius 2 is 1.69 bits per heavy atom. The molecule has 0 fully saturated rings. The highest BCUT2D eigenvalue weighted by Crippen LogP contribution is 2.60. The van der Waals surface area contributed by atoms with Crippen LogP contribution in [0.5, 0.6) is 0 Å². The summed E-state index contributed by atoms with van der Waals surface area (Å²) in [5, 5.41) is 18.2. The van der Waals surface area contributed by atoms with Gasteiger partial charge in [0, 0.05) is 6.42 Å². The second-order valence-electron chi connectivity index (χ2n) is 6.83. The van der Waals surface area contributed by atoms with Crippen LogP contribution >= 0.6 is 15.6 Å². The van der Waals surface area contributed by atoms with Gasteiger partial charge in [-0.2, -0.15) is 4.31 Å². The number of aliphatic hydroxyl groups is 1. The minimum atomic E-state index is -5.09. The van der Waals surface area contributed by atoms with Crippen LogP contribution in [0.25, 0.3) is 0 Å². The predicted molar refractivity (Wildman–Crippen MR) is 103 cm³/mol. The number of alkyl halides is 1. The monoisotopic (exact) mass is 462 g/mol. The SMILES string of the molecule is CC(C)=CCCC(C)=CCOP(=O)(O)OP(=O)(O)OCCC(C)(O)C(F)C(=O)O. The fourth-order valence-corrected chi connectivity index (χ4v) is 3.91. The van der Waals surface area contributed by atoms with Gasteiger partial charge in [-0.05, 0) is 40.5 Å². The van der Waals surface area contributed by atoms with E-state index in [1.807, 2.05) is 19.9 Å². The average Bonchev–Trinajstić information content (AvgIpc) is 2.51. The lowest BCUT2D eigenvalue weighted by Crippen LogP contribution is -2.42. The molecule has 4 N–H and O–H groups in total. The number of hydrogen-bond acceptors (Lipinski definition) is 7. The summed E-state index contributed by atoms with van der Waals surface area (Å²) in [6.45, 7) is 5.38. The molecule has 4 unspecified atom stereocenters. The highest BCUT2D eigenvalue weighted by molar-refractivity contribution is 7.61. The Bertz CT molecular complexity index is 700. The number of carboxylic acids is 1. The van der Waals surface area contributed by atoms with Gasteiger partial charge in [-0.3, -0.25) is 9.05 Å². The minimum absolute atomic E-state index is 0.356. The molecule has 0 aromatic heterocycles. The molecule has 13 heteroatoms. The fourth-order valence-electron chi connectivity index (χ4n) is 1.90. The van der Waals surface area contributed by atoms with Gasteiger partial charge in [0.15, 0.2) is 0 Å². The third-order valence-electron chi connectivity index (χ3n) is 3.59. The molecule has 170 valence electrons.